The van der Waals surface area contributed by atoms with Gasteiger partial charge >= 0.3 is 0 Å². The topological polar surface area (TPSA) is 76.0 Å². The van der Waals surface area contributed by atoms with Crippen LogP contribution in [0.5, 0.6) is 0 Å². The van der Waals surface area contributed by atoms with E-state index in [4.69, 9.17) is 0 Å². The number of nitrogens with zero attached hydrogens (tertiary/aromatic N) is 2. The number of carbonyl (C=O) groups excluding carboxylic acids is 2. The SMILES string of the molecule is Cn1nc(C2(C)CCC(=O)NC2=O)c2ccc(C3CCNCC3)cc21. The Balaban J connectivity index is 1.76. The van der Waals surface area contributed by atoms with Crippen LogP contribution >= 0.6 is 0 Å². The Bertz CT molecular complexity index is 850. The number of piperidine rings is 2. The molecule has 25 heavy (non-hydrogen) atoms. The molecule has 2 amide bonds. The summed E-state index contributed by atoms with van der Waals surface area (Å²) in [6.07, 6.45) is 3.16. The molecule has 3 heterocycles. The van der Waals surface area contributed by atoms with Crippen LogP contribution < -0.4 is 10.6 Å². The quantitative estimate of drug-likeness (QED) is 0.817. The standard InChI is InChI=1S/C19H24N4O2/c1-19(8-5-16(24)21-18(19)25)17-14-4-3-13(11-15(14)23(2)22-17)12-6-9-20-10-7-12/h3-4,11-12,20H,5-10H2,1-2H3,(H,21,24,25). The van der Waals surface area contributed by atoms with Crippen molar-refractivity contribution >= 4 is 22.7 Å². The van der Waals surface area contributed by atoms with E-state index in [0.29, 0.717) is 18.8 Å². The van der Waals surface area contributed by atoms with Crippen LogP contribution in [-0.2, 0) is 22.1 Å². The van der Waals surface area contributed by atoms with Gasteiger partial charge in [-0.2, -0.15) is 5.10 Å². The van der Waals surface area contributed by atoms with Crippen molar-refractivity contribution in [1.29, 1.82) is 0 Å². The van der Waals surface area contributed by atoms with Crippen molar-refractivity contribution in [3.05, 3.63) is 29.5 Å². The van der Waals surface area contributed by atoms with E-state index in [1.807, 2.05) is 18.7 Å². The number of aromatic nitrogens is 2. The Morgan fingerprint density at radius 2 is 2.00 bits per heavy atom. The van der Waals surface area contributed by atoms with Crippen molar-refractivity contribution < 1.29 is 9.59 Å². The Labute approximate surface area is 147 Å². The van der Waals surface area contributed by atoms with Gasteiger partial charge in [-0.25, -0.2) is 0 Å². The minimum atomic E-state index is -0.760. The van der Waals surface area contributed by atoms with Gasteiger partial charge in [0, 0.05) is 18.9 Å². The first-order valence-electron chi connectivity index (χ1n) is 9.01. The first-order chi connectivity index (χ1) is 12.0. The average molecular weight is 340 g/mol. The summed E-state index contributed by atoms with van der Waals surface area (Å²) in [5.74, 6) is 0.136. The molecule has 1 unspecified atom stereocenters. The molecule has 2 aromatic rings. The summed E-state index contributed by atoms with van der Waals surface area (Å²) in [5.41, 5.74) is 2.41. The average Bonchev–Trinajstić information content (AvgIpc) is 2.96. The fourth-order valence-corrected chi connectivity index (χ4v) is 4.12. The summed E-state index contributed by atoms with van der Waals surface area (Å²) in [6, 6.07) is 6.50. The molecule has 2 aliphatic heterocycles. The summed E-state index contributed by atoms with van der Waals surface area (Å²) in [7, 11) is 1.92. The van der Waals surface area contributed by atoms with Crippen molar-refractivity contribution in [1.82, 2.24) is 20.4 Å². The highest BCUT2D eigenvalue weighted by Gasteiger charge is 2.43. The van der Waals surface area contributed by atoms with E-state index in [0.717, 1.165) is 42.5 Å². The lowest BCUT2D eigenvalue weighted by Gasteiger charge is -2.30. The Hall–Kier alpha value is -2.21. The molecule has 132 valence electrons. The number of nitrogens with one attached hydrogen (secondary N) is 2. The van der Waals surface area contributed by atoms with E-state index >= 15 is 0 Å². The molecular weight excluding hydrogens is 316 g/mol. The van der Waals surface area contributed by atoms with E-state index < -0.39 is 5.41 Å². The number of hydrogen-bond donors (Lipinski definition) is 2. The molecule has 0 aliphatic carbocycles. The van der Waals surface area contributed by atoms with Crippen LogP contribution in [0.3, 0.4) is 0 Å². The van der Waals surface area contributed by atoms with E-state index in [1.54, 1.807) is 0 Å². The number of benzene rings is 1. The zero-order valence-electron chi connectivity index (χ0n) is 14.8. The smallest absolute Gasteiger partial charge is 0.238 e. The van der Waals surface area contributed by atoms with Gasteiger partial charge in [0.25, 0.3) is 0 Å². The Morgan fingerprint density at radius 1 is 1.24 bits per heavy atom. The molecule has 6 heteroatoms. The molecule has 1 aromatic heterocycles. The lowest BCUT2D eigenvalue weighted by atomic mass is 9.77. The highest BCUT2D eigenvalue weighted by atomic mass is 16.2. The van der Waals surface area contributed by atoms with Gasteiger partial charge in [0.15, 0.2) is 0 Å². The molecule has 2 fully saturated rings. The summed E-state index contributed by atoms with van der Waals surface area (Å²) in [5, 5.41) is 11.6. The van der Waals surface area contributed by atoms with Gasteiger partial charge in [0.2, 0.25) is 11.8 Å². The molecule has 4 rings (SSSR count). The summed E-state index contributed by atoms with van der Waals surface area (Å²) < 4.78 is 1.87. The first-order valence-corrected chi connectivity index (χ1v) is 9.01. The van der Waals surface area contributed by atoms with Gasteiger partial charge in [-0.1, -0.05) is 12.1 Å². The van der Waals surface area contributed by atoms with Crippen molar-refractivity contribution in [2.75, 3.05) is 13.1 Å². The first kappa shape index (κ1) is 16.3. The third-order valence-corrected chi connectivity index (χ3v) is 5.81. The summed E-state index contributed by atoms with van der Waals surface area (Å²) in [4.78, 5) is 24.0. The maximum atomic E-state index is 12.5. The van der Waals surface area contributed by atoms with E-state index in [2.05, 4.69) is 33.9 Å². The summed E-state index contributed by atoms with van der Waals surface area (Å²) in [6.45, 7) is 4.01. The second-order valence-corrected chi connectivity index (χ2v) is 7.48. The van der Waals surface area contributed by atoms with Gasteiger partial charge in [0.1, 0.15) is 0 Å². The van der Waals surface area contributed by atoms with E-state index in [9.17, 15) is 9.59 Å². The van der Waals surface area contributed by atoms with Gasteiger partial charge in [-0.3, -0.25) is 19.6 Å². The molecule has 0 saturated carbocycles. The van der Waals surface area contributed by atoms with Crippen molar-refractivity contribution in [2.24, 2.45) is 7.05 Å². The van der Waals surface area contributed by atoms with Crippen LogP contribution in [-0.4, -0.2) is 34.7 Å². The van der Waals surface area contributed by atoms with Gasteiger partial charge in [-0.15, -0.1) is 0 Å². The van der Waals surface area contributed by atoms with E-state index in [1.165, 1.54) is 5.56 Å². The van der Waals surface area contributed by atoms with Crippen LogP contribution in [0.15, 0.2) is 18.2 Å². The minimum absolute atomic E-state index is 0.198. The highest BCUT2D eigenvalue weighted by Crippen LogP contribution is 2.37. The molecule has 0 spiro atoms. The number of rotatable bonds is 2. The van der Waals surface area contributed by atoms with Crippen molar-refractivity contribution in [2.45, 2.75) is 43.9 Å². The van der Waals surface area contributed by atoms with Gasteiger partial charge in [0.05, 0.1) is 16.6 Å². The van der Waals surface area contributed by atoms with Crippen LogP contribution in [0, 0.1) is 0 Å². The molecular formula is C19H24N4O2. The second kappa shape index (κ2) is 5.95. The minimum Gasteiger partial charge on any atom is -0.317 e. The third-order valence-electron chi connectivity index (χ3n) is 5.81. The molecule has 0 bridgehead atoms. The normalized spacial score (nSPS) is 25.4. The lowest BCUT2D eigenvalue weighted by molar-refractivity contribution is -0.137. The maximum absolute atomic E-state index is 12.5. The second-order valence-electron chi connectivity index (χ2n) is 7.48. The highest BCUT2D eigenvalue weighted by molar-refractivity contribution is 6.04. The number of carbonyl (C=O) groups is 2. The van der Waals surface area contributed by atoms with Crippen LogP contribution in [0.2, 0.25) is 0 Å². The molecule has 2 saturated heterocycles. The van der Waals surface area contributed by atoms with Crippen LogP contribution in [0.25, 0.3) is 10.9 Å². The monoisotopic (exact) mass is 340 g/mol. The fraction of sp³-hybridized carbons (Fsp3) is 0.526. The lowest BCUT2D eigenvalue weighted by Crippen LogP contribution is -2.50. The number of hydrogen-bond acceptors (Lipinski definition) is 4. The molecule has 2 N–H and O–H groups in total. The van der Waals surface area contributed by atoms with Crippen LogP contribution in [0.1, 0.15) is 49.8 Å². The van der Waals surface area contributed by atoms with Crippen molar-refractivity contribution in [3.63, 3.8) is 0 Å². The predicted molar refractivity (Wildman–Crippen MR) is 95.3 cm³/mol. The number of amides is 2. The number of imide groups is 1. The number of aryl methyl sites for hydroxylation is 1. The fourth-order valence-electron chi connectivity index (χ4n) is 4.12. The Kier molecular flexibility index (Phi) is 3.87. The molecule has 1 atom stereocenters. The zero-order chi connectivity index (χ0) is 17.6. The third kappa shape index (κ3) is 2.65. The zero-order valence-corrected chi connectivity index (χ0v) is 14.8. The van der Waals surface area contributed by atoms with Crippen molar-refractivity contribution in [3.8, 4) is 0 Å². The largest absolute Gasteiger partial charge is 0.317 e. The maximum Gasteiger partial charge on any atom is 0.238 e. The number of fused-ring (bicyclic) bond motifs is 1. The van der Waals surface area contributed by atoms with E-state index in [-0.39, 0.29) is 11.8 Å². The molecule has 2 aliphatic rings. The molecule has 6 nitrogen and oxygen atoms in total. The van der Waals surface area contributed by atoms with Gasteiger partial charge < -0.3 is 5.32 Å². The predicted octanol–water partition coefficient (Wildman–Crippen LogP) is 1.73. The van der Waals surface area contributed by atoms with Crippen LogP contribution in [0.4, 0.5) is 0 Å². The molecule has 1 aromatic carbocycles. The summed E-state index contributed by atoms with van der Waals surface area (Å²) >= 11 is 0. The Morgan fingerprint density at radius 3 is 2.72 bits per heavy atom. The van der Waals surface area contributed by atoms with Gasteiger partial charge in [-0.05, 0) is 56.8 Å². The molecule has 0 radical (unpaired) electrons.